The highest BCUT2D eigenvalue weighted by Gasteiger charge is 2.56. The maximum absolute atomic E-state index is 13.9. The van der Waals surface area contributed by atoms with E-state index < -0.39 is 11.9 Å². The van der Waals surface area contributed by atoms with Crippen molar-refractivity contribution in [1.29, 1.82) is 0 Å². The van der Waals surface area contributed by atoms with Gasteiger partial charge in [0.1, 0.15) is 11.9 Å². The Kier molecular flexibility index (Phi) is 4.03. The first kappa shape index (κ1) is 17.2. The summed E-state index contributed by atoms with van der Waals surface area (Å²) in [6.45, 7) is 0.649. The third-order valence-corrected chi connectivity index (χ3v) is 7.44. The van der Waals surface area contributed by atoms with E-state index in [4.69, 9.17) is 0 Å². The Balaban J connectivity index is 1.34. The molecule has 1 saturated heterocycles. The van der Waals surface area contributed by atoms with Gasteiger partial charge < -0.3 is 10.2 Å². The first-order valence-corrected chi connectivity index (χ1v) is 10.4. The summed E-state index contributed by atoms with van der Waals surface area (Å²) in [6.07, 6.45) is 8.42. The number of halogens is 1. The Morgan fingerprint density at radius 3 is 2.30 bits per heavy atom. The lowest BCUT2D eigenvalue weighted by molar-refractivity contribution is -0.160. The second kappa shape index (κ2) is 6.32. The molecule has 144 valence electrons. The Morgan fingerprint density at radius 1 is 1.04 bits per heavy atom. The maximum Gasteiger partial charge on any atom is 0.247 e. The first-order valence-electron chi connectivity index (χ1n) is 10.4. The Bertz CT molecular complexity index is 742. The predicted octanol–water partition coefficient (Wildman–Crippen LogP) is 3.97. The number of nitrogens with one attached hydrogen (secondary N) is 1. The normalized spacial score (nSPS) is 36.9. The molecule has 5 aliphatic rings. The van der Waals surface area contributed by atoms with Crippen LogP contribution in [0.4, 0.5) is 10.1 Å². The summed E-state index contributed by atoms with van der Waals surface area (Å²) in [5.41, 5.74) is -0.0353. The van der Waals surface area contributed by atoms with Crippen molar-refractivity contribution < 1.29 is 14.0 Å². The monoisotopic (exact) mass is 370 g/mol. The highest BCUT2D eigenvalue weighted by Crippen LogP contribution is 2.60. The maximum atomic E-state index is 13.9. The molecule has 0 aromatic heterocycles. The number of rotatable bonds is 3. The van der Waals surface area contributed by atoms with E-state index in [1.165, 1.54) is 25.3 Å². The van der Waals surface area contributed by atoms with Gasteiger partial charge in [0.05, 0.1) is 11.1 Å². The number of carbonyl (C=O) groups is 2. The van der Waals surface area contributed by atoms with Crippen LogP contribution in [-0.4, -0.2) is 29.3 Å². The van der Waals surface area contributed by atoms with Crippen LogP contribution in [-0.2, 0) is 9.59 Å². The average Bonchev–Trinajstić information content (AvgIpc) is 3.11. The van der Waals surface area contributed by atoms with E-state index in [9.17, 15) is 14.0 Å². The standard InChI is InChI=1S/C22H27FN2O2/c23-17-4-1-2-5-18(17)24-20(26)19-6-3-7-25(19)21(27)22-11-14-8-15(12-22)10-16(9-14)13-22/h1-2,4-5,14-16,19H,3,6-13H2,(H,24,26)/t14?,15?,16?,19-,22?/m1/s1. The van der Waals surface area contributed by atoms with Crippen molar-refractivity contribution in [3.8, 4) is 0 Å². The van der Waals surface area contributed by atoms with Crippen molar-refractivity contribution in [2.45, 2.75) is 57.4 Å². The second-order valence-electron chi connectivity index (χ2n) is 9.32. The van der Waals surface area contributed by atoms with Gasteiger partial charge in [-0.25, -0.2) is 4.39 Å². The topological polar surface area (TPSA) is 49.4 Å². The van der Waals surface area contributed by atoms with Gasteiger partial charge >= 0.3 is 0 Å². The number of anilines is 1. The minimum atomic E-state index is -0.467. The van der Waals surface area contributed by atoms with E-state index in [0.717, 1.165) is 25.7 Å². The molecule has 1 heterocycles. The van der Waals surface area contributed by atoms with Gasteiger partial charge in [0.2, 0.25) is 11.8 Å². The summed E-state index contributed by atoms with van der Waals surface area (Å²) in [5, 5.41) is 2.70. The number of carbonyl (C=O) groups excluding carboxylic acids is 2. The molecule has 6 rings (SSSR count). The molecule has 0 spiro atoms. The summed E-state index contributed by atoms with van der Waals surface area (Å²) < 4.78 is 13.9. The van der Waals surface area contributed by atoms with E-state index in [1.807, 2.05) is 4.90 Å². The Labute approximate surface area is 159 Å². The fraction of sp³-hybridized carbons (Fsp3) is 0.636. The van der Waals surface area contributed by atoms with Gasteiger partial charge in [0.25, 0.3) is 0 Å². The molecule has 1 aromatic rings. The van der Waals surface area contributed by atoms with Crippen molar-refractivity contribution in [2.75, 3.05) is 11.9 Å². The molecule has 4 saturated carbocycles. The van der Waals surface area contributed by atoms with E-state index >= 15 is 0 Å². The average molecular weight is 370 g/mol. The molecule has 4 aliphatic carbocycles. The minimum Gasteiger partial charge on any atom is -0.330 e. The van der Waals surface area contributed by atoms with E-state index in [1.54, 1.807) is 18.2 Å². The molecule has 2 amide bonds. The van der Waals surface area contributed by atoms with E-state index in [2.05, 4.69) is 5.32 Å². The van der Waals surface area contributed by atoms with Gasteiger partial charge in [-0.1, -0.05) is 12.1 Å². The van der Waals surface area contributed by atoms with Crippen LogP contribution in [0.25, 0.3) is 0 Å². The molecular weight excluding hydrogens is 343 g/mol. The van der Waals surface area contributed by atoms with Crippen LogP contribution in [0.1, 0.15) is 51.4 Å². The molecule has 4 bridgehead atoms. The fourth-order valence-corrected chi connectivity index (χ4v) is 6.74. The zero-order valence-electron chi connectivity index (χ0n) is 15.6. The quantitative estimate of drug-likeness (QED) is 0.875. The number of hydrogen-bond acceptors (Lipinski definition) is 2. The smallest absolute Gasteiger partial charge is 0.247 e. The number of likely N-dealkylation sites (tertiary alicyclic amines) is 1. The molecule has 0 radical (unpaired) electrons. The lowest BCUT2D eigenvalue weighted by atomic mass is 9.49. The van der Waals surface area contributed by atoms with Crippen LogP contribution in [0.3, 0.4) is 0 Å². The third-order valence-electron chi connectivity index (χ3n) is 7.44. The lowest BCUT2D eigenvalue weighted by Crippen LogP contribution is -2.56. The molecule has 0 unspecified atom stereocenters. The zero-order valence-corrected chi connectivity index (χ0v) is 15.6. The summed E-state index contributed by atoms with van der Waals surface area (Å²) in [5.74, 6) is 1.61. The van der Waals surface area contributed by atoms with Gasteiger partial charge in [-0.2, -0.15) is 0 Å². The second-order valence-corrected chi connectivity index (χ2v) is 9.32. The molecule has 5 heteroatoms. The van der Waals surface area contributed by atoms with Crippen molar-refractivity contribution in [3.05, 3.63) is 30.1 Å². The van der Waals surface area contributed by atoms with Gasteiger partial charge in [0, 0.05) is 6.54 Å². The summed E-state index contributed by atoms with van der Waals surface area (Å²) in [4.78, 5) is 28.3. The van der Waals surface area contributed by atoms with E-state index in [-0.39, 0.29) is 22.9 Å². The molecule has 1 aliphatic heterocycles. The van der Waals surface area contributed by atoms with Gasteiger partial charge in [0.15, 0.2) is 0 Å². The van der Waals surface area contributed by atoms with E-state index in [0.29, 0.717) is 30.7 Å². The van der Waals surface area contributed by atoms with Gasteiger partial charge in [-0.15, -0.1) is 0 Å². The van der Waals surface area contributed by atoms with Crippen molar-refractivity contribution >= 4 is 17.5 Å². The summed E-state index contributed by atoms with van der Waals surface area (Å²) >= 11 is 0. The minimum absolute atomic E-state index is 0.191. The zero-order chi connectivity index (χ0) is 18.6. The predicted molar refractivity (Wildman–Crippen MR) is 100 cm³/mol. The van der Waals surface area contributed by atoms with Crippen molar-refractivity contribution in [3.63, 3.8) is 0 Å². The highest BCUT2D eigenvalue weighted by atomic mass is 19.1. The largest absolute Gasteiger partial charge is 0.330 e. The molecule has 1 atom stereocenters. The third kappa shape index (κ3) is 2.86. The fourth-order valence-electron chi connectivity index (χ4n) is 6.74. The van der Waals surface area contributed by atoms with Crippen LogP contribution in [0.15, 0.2) is 24.3 Å². The Hall–Kier alpha value is -1.91. The van der Waals surface area contributed by atoms with Crippen LogP contribution in [0, 0.1) is 29.0 Å². The molecular formula is C22H27FN2O2. The molecule has 4 nitrogen and oxygen atoms in total. The number of para-hydroxylation sites is 1. The Morgan fingerprint density at radius 2 is 1.67 bits per heavy atom. The summed E-state index contributed by atoms with van der Waals surface area (Å²) in [6, 6.07) is 5.73. The molecule has 5 fully saturated rings. The molecule has 1 aromatic carbocycles. The molecule has 27 heavy (non-hydrogen) atoms. The summed E-state index contributed by atoms with van der Waals surface area (Å²) in [7, 11) is 0. The number of benzene rings is 1. The lowest BCUT2D eigenvalue weighted by Gasteiger charge is -2.56. The molecule has 1 N–H and O–H groups in total. The van der Waals surface area contributed by atoms with Crippen LogP contribution < -0.4 is 5.32 Å². The highest BCUT2D eigenvalue weighted by molar-refractivity contribution is 5.98. The van der Waals surface area contributed by atoms with Crippen LogP contribution in [0.5, 0.6) is 0 Å². The van der Waals surface area contributed by atoms with Gasteiger partial charge in [-0.3, -0.25) is 9.59 Å². The number of nitrogens with zero attached hydrogens (tertiary/aromatic N) is 1. The van der Waals surface area contributed by atoms with Crippen molar-refractivity contribution in [2.24, 2.45) is 23.2 Å². The van der Waals surface area contributed by atoms with Crippen molar-refractivity contribution in [1.82, 2.24) is 4.90 Å². The number of amides is 2. The first-order chi connectivity index (χ1) is 13.0. The van der Waals surface area contributed by atoms with Gasteiger partial charge in [-0.05, 0) is 81.3 Å². The number of hydrogen-bond donors (Lipinski definition) is 1. The van der Waals surface area contributed by atoms with Crippen LogP contribution >= 0.6 is 0 Å². The SMILES string of the molecule is O=C(Nc1ccccc1F)[C@H]1CCCN1C(=O)C12CC3CC(CC(C3)C1)C2. The van der Waals surface area contributed by atoms with Crippen LogP contribution in [0.2, 0.25) is 0 Å².